The van der Waals surface area contributed by atoms with E-state index in [9.17, 15) is 4.79 Å². The highest BCUT2D eigenvalue weighted by molar-refractivity contribution is 6.83. The number of aromatic nitrogens is 2. The predicted molar refractivity (Wildman–Crippen MR) is 130 cm³/mol. The summed E-state index contributed by atoms with van der Waals surface area (Å²) in [6.45, 7) is 10.8. The molecule has 0 saturated heterocycles. The molecule has 2 aromatic carbocycles. The topological polar surface area (TPSA) is 56.5 Å². The molecule has 1 aliphatic rings. The monoisotopic (exact) mass is 441 g/mol. The van der Waals surface area contributed by atoms with Crippen LogP contribution in [0.3, 0.4) is 0 Å². The number of hydrogen-bond acceptors (Lipinski definition) is 4. The highest BCUT2D eigenvalue weighted by Crippen LogP contribution is 2.33. The SMILES string of the molecule is CCOC(=O)c1ncn2c1[C@H](C)N=C(c1ccccc1)c1cc(C#C[Si](C)(C)C)ccc1-2. The van der Waals surface area contributed by atoms with Gasteiger partial charge in [0.15, 0.2) is 5.69 Å². The lowest BCUT2D eigenvalue weighted by Gasteiger charge is -2.13. The summed E-state index contributed by atoms with van der Waals surface area (Å²) in [5.74, 6) is 2.93. The molecule has 0 aliphatic carbocycles. The van der Waals surface area contributed by atoms with Crippen molar-refractivity contribution in [1.29, 1.82) is 0 Å². The first-order valence-corrected chi connectivity index (χ1v) is 14.3. The highest BCUT2D eigenvalue weighted by atomic mass is 28.3. The Kier molecular flexibility index (Phi) is 5.85. The second-order valence-corrected chi connectivity index (χ2v) is 13.6. The van der Waals surface area contributed by atoms with Crippen LogP contribution in [-0.4, -0.2) is 35.9 Å². The van der Waals surface area contributed by atoms with Crippen LogP contribution in [0.15, 0.2) is 59.9 Å². The molecule has 0 spiro atoms. The van der Waals surface area contributed by atoms with E-state index in [0.717, 1.165) is 33.8 Å². The average molecular weight is 442 g/mol. The molecule has 0 saturated carbocycles. The van der Waals surface area contributed by atoms with E-state index in [2.05, 4.69) is 54.3 Å². The molecule has 32 heavy (non-hydrogen) atoms. The van der Waals surface area contributed by atoms with Crippen LogP contribution >= 0.6 is 0 Å². The zero-order valence-corrected chi connectivity index (χ0v) is 20.1. The molecule has 162 valence electrons. The Morgan fingerprint density at radius 2 is 1.91 bits per heavy atom. The number of benzene rings is 2. The van der Waals surface area contributed by atoms with E-state index in [1.165, 1.54) is 0 Å². The zero-order valence-electron chi connectivity index (χ0n) is 19.1. The van der Waals surface area contributed by atoms with E-state index in [-0.39, 0.29) is 6.04 Å². The quantitative estimate of drug-likeness (QED) is 0.319. The van der Waals surface area contributed by atoms with E-state index < -0.39 is 14.0 Å². The fourth-order valence-corrected chi connectivity index (χ4v) is 4.25. The smallest absolute Gasteiger partial charge is 0.358 e. The molecule has 0 fully saturated rings. The lowest BCUT2D eigenvalue weighted by atomic mass is 9.98. The molecule has 0 bridgehead atoms. The minimum absolute atomic E-state index is 0.281. The third-order valence-corrected chi connectivity index (χ3v) is 6.01. The van der Waals surface area contributed by atoms with Crippen LogP contribution in [0.25, 0.3) is 5.69 Å². The molecule has 6 heteroatoms. The van der Waals surface area contributed by atoms with Gasteiger partial charge in [-0.2, -0.15) is 0 Å². The van der Waals surface area contributed by atoms with Crippen molar-refractivity contribution in [3.63, 3.8) is 0 Å². The number of imidazole rings is 1. The van der Waals surface area contributed by atoms with Crippen LogP contribution in [0.1, 0.15) is 52.8 Å². The molecule has 1 aliphatic heterocycles. The van der Waals surface area contributed by atoms with Gasteiger partial charge in [0.2, 0.25) is 0 Å². The number of carbonyl (C=O) groups is 1. The largest absolute Gasteiger partial charge is 0.461 e. The minimum atomic E-state index is -1.51. The summed E-state index contributed by atoms with van der Waals surface area (Å²) in [5.41, 5.74) is 9.24. The van der Waals surface area contributed by atoms with Crippen molar-refractivity contribution in [3.05, 3.63) is 82.9 Å². The number of rotatable bonds is 3. The first-order valence-electron chi connectivity index (χ1n) is 10.8. The molecule has 3 aromatic rings. The number of aliphatic imine (C=N–C) groups is 1. The number of ether oxygens (including phenoxy) is 1. The lowest BCUT2D eigenvalue weighted by Crippen LogP contribution is -2.16. The molecule has 1 atom stereocenters. The maximum atomic E-state index is 12.6. The van der Waals surface area contributed by atoms with Crippen LogP contribution < -0.4 is 0 Å². The van der Waals surface area contributed by atoms with Gasteiger partial charge in [-0.05, 0) is 32.0 Å². The predicted octanol–water partition coefficient (Wildman–Crippen LogP) is 5.19. The van der Waals surface area contributed by atoms with Crippen LogP contribution in [0.4, 0.5) is 0 Å². The van der Waals surface area contributed by atoms with Gasteiger partial charge in [0.1, 0.15) is 14.4 Å². The number of esters is 1. The van der Waals surface area contributed by atoms with Crippen molar-refractivity contribution in [2.75, 3.05) is 6.61 Å². The summed E-state index contributed by atoms with van der Waals surface area (Å²) in [6, 6.07) is 16.0. The Morgan fingerprint density at radius 1 is 1.16 bits per heavy atom. The van der Waals surface area contributed by atoms with Crippen molar-refractivity contribution in [2.45, 2.75) is 39.5 Å². The molecule has 0 N–H and O–H groups in total. The summed E-state index contributed by atoms with van der Waals surface area (Å²) in [5, 5.41) is 0. The summed E-state index contributed by atoms with van der Waals surface area (Å²) >= 11 is 0. The summed E-state index contributed by atoms with van der Waals surface area (Å²) in [4.78, 5) is 22.0. The Bertz CT molecular complexity index is 1260. The van der Waals surface area contributed by atoms with Gasteiger partial charge < -0.3 is 4.74 Å². The normalized spacial score (nSPS) is 14.9. The van der Waals surface area contributed by atoms with Crippen molar-refractivity contribution >= 4 is 19.8 Å². The second-order valence-electron chi connectivity index (χ2n) is 8.82. The standard InChI is InChI=1S/C26H27N3O2Si/c1-6-31-26(30)24-25-18(2)28-23(20-10-8-7-9-11-20)21-16-19(14-15-32(3,4)5)12-13-22(21)29(25)17-27-24/h7-13,16-18H,6H2,1-5H3/t18-/m0/s1. The molecule has 5 nitrogen and oxygen atoms in total. The summed E-state index contributed by atoms with van der Waals surface area (Å²) in [7, 11) is -1.51. The Hall–Kier alpha value is -3.43. The first-order chi connectivity index (χ1) is 15.3. The minimum Gasteiger partial charge on any atom is -0.461 e. The number of nitrogens with zero attached hydrogens (tertiary/aromatic N) is 3. The van der Waals surface area contributed by atoms with Gasteiger partial charge in [0.25, 0.3) is 0 Å². The van der Waals surface area contributed by atoms with E-state index >= 15 is 0 Å². The molecular weight excluding hydrogens is 414 g/mol. The maximum absolute atomic E-state index is 12.6. The van der Waals surface area contributed by atoms with Crippen LogP contribution in [0.2, 0.25) is 19.6 Å². The zero-order chi connectivity index (χ0) is 22.9. The molecular formula is C26H27N3O2Si. The van der Waals surface area contributed by atoms with Gasteiger partial charge in [-0.25, -0.2) is 9.78 Å². The number of fused-ring (bicyclic) bond motifs is 3. The van der Waals surface area contributed by atoms with Crippen LogP contribution in [0.5, 0.6) is 0 Å². The van der Waals surface area contributed by atoms with E-state index in [0.29, 0.717) is 12.3 Å². The van der Waals surface area contributed by atoms with Gasteiger partial charge in [0, 0.05) is 16.7 Å². The Labute approximate surface area is 190 Å². The molecule has 0 unspecified atom stereocenters. The molecule has 1 aromatic heterocycles. The van der Waals surface area contributed by atoms with Crippen molar-refractivity contribution in [3.8, 4) is 17.2 Å². The molecule has 4 rings (SSSR count). The Morgan fingerprint density at radius 3 is 2.59 bits per heavy atom. The van der Waals surface area contributed by atoms with Crippen LogP contribution in [-0.2, 0) is 4.74 Å². The van der Waals surface area contributed by atoms with Crippen molar-refractivity contribution in [1.82, 2.24) is 9.55 Å². The first kappa shape index (κ1) is 21.8. The molecule has 0 radical (unpaired) electrons. The van der Waals surface area contributed by atoms with E-state index in [1.807, 2.05) is 41.8 Å². The number of hydrogen-bond donors (Lipinski definition) is 0. The third kappa shape index (κ3) is 4.30. The maximum Gasteiger partial charge on any atom is 0.358 e. The fourth-order valence-electron chi connectivity index (χ4n) is 3.73. The van der Waals surface area contributed by atoms with E-state index in [4.69, 9.17) is 9.73 Å². The summed E-state index contributed by atoms with van der Waals surface area (Å²) < 4.78 is 7.21. The highest BCUT2D eigenvalue weighted by Gasteiger charge is 2.29. The average Bonchev–Trinajstić information content (AvgIpc) is 3.17. The Balaban J connectivity index is 1.95. The van der Waals surface area contributed by atoms with E-state index in [1.54, 1.807) is 13.3 Å². The molecule has 2 heterocycles. The second kappa shape index (κ2) is 8.60. The summed E-state index contributed by atoms with van der Waals surface area (Å²) in [6.07, 6.45) is 1.69. The van der Waals surface area contributed by atoms with Gasteiger partial charge in [-0.15, -0.1) is 5.54 Å². The lowest BCUT2D eigenvalue weighted by molar-refractivity contribution is 0.0518. The van der Waals surface area contributed by atoms with Crippen molar-refractivity contribution in [2.24, 2.45) is 4.99 Å². The van der Waals surface area contributed by atoms with Crippen molar-refractivity contribution < 1.29 is 9.53 Å². The molecule has 0 amide bonds. The van der Waals surface area contributed by atoms with Gasteiger partial charge in [0.05, 0.1) is 29.7 Å². The fraction of sp³-hybridized carbons (Fsp3) is 0.269. The van der Waals surface area contributed by atoms with Crippen LogP contribution in [0, 0.1) is 11.5 Å². The van der Waals surface area contributed by atoms with Gasteiger partial charge in [-0.1, -0.05) is 55.9 Å². The van der Waals surface area contributed by atoms with Gasteiger partial charge >= 0.3 is 5.97 Å². The third-order valence-electron chi connectivity index (χ3n) is 5.13. The van der Waals surface area contributed by atoms with Gasteiger partial charge in [-0.3, -0.25) is 9.56 Å². The number of carbonyl (C=O) groups excluding carboxylic acids is 1.